The van der Waals surface area contributed by atoms with Crippen LogP contribution in [0.1, 0.15) is 32.8 Å². The Morgan fingerprint density at radius 3 is 2.56 bits per heavy atom. The van der Waals surface area contributed by atoms with Crippen molar-refractivity contribution in [1.82, 2.24) is 10.2 Å². The highest BCUT2D eigenvalue weighted by atomic mass is 16.6. The molecule has 1 saturated heterocycles. The minimum Gasteiger partial charge on any atom is -0.445 e. The average Bonchev–Trinajstić information content (AvgIpc) is 2.53. The van der Waals surface area contributed by atoms with Crippen molar-refractivity contribution in [2.24, 2.45) is 0 Å². The fourth-order valence-corrected chi connectivity index (χ4v) is 2.54. The molecule has 1 aliphatic heterocycles. The Bertz CT molecular complexity index is 585. The van der Waals surface area contributed by atoms with Gasteiger partial charge in [-0.05, 0) is 32.8 Å². The zero-order valence-electron chi connectivity index (χ0n) is 14.9. The highest BCUT2D eigenvalue weighted by Crippen LogP contribution is 2.15. The van der Waals surface area contributed by atoms with Gasteiger partial charge < -0.3 is 24.8 Å². The first-order valence-corrected chi connectivity index (χ1v) is 8.38. The van der Waals surface area contributed by atoms with Gasteiger partial charge in [-0.25, -0.2) is 9.59 Å². The first-order valence-electron chi connectivity index (χ1n) is 8.38. The van der Waals surface area contributed by atoms with E-state index in [2.05, 4.69) is 5.32 Å². The van der Waals surface area contributed by atoms with Crippen LogP contribution < -0.4 is 5.32 Å². The maximum Gasteiger partial charge on any atom is 0.410 e. The summed E-state index contributed by atoms with van der Waals surface area (Å²) >= 11 is 0. The van der Waals surface area contributed by atoms with E-state index in [1.807, 2.05) is 30.3 Å². The van der Waals surface area contributed by atoms with Crippen LogP contribution in [0.25, 0.3) is 0 Å². The van der Waals surface area contributed by atoms with Crippen LogP contribution in [-0.4, -0.2) is 53.0 Å². The normalized spacial score (nSPS) is 20.7. The number of nitrogens with one attached hydrogen (secondary N) is 1. The summed E-state index contributed by atoms with van der Waals surface area (Å²) in [4.78, 5) is 25.4. The Hall–Kier alpha value is -2.28. The minimum absolute atomic E-state index is 0.105. The number of hydrogen-bond donors (Lipinski definition) is 2. The quantitative estimate of drug-likeness (QED) is 0.873. The Kier molecular flexibility index (Phi) is 6.25. The highest BCUT2D eigenvalue weighted by Gasteiger charge is 2.32. The molecule has 2 amide bonds. The van der Waals surface area contributed by atoms with E-state index in [-0.39, 0.29) is 13.2 Å². The molecular weight excluding hydrogens is 324 g/mol. The van der Waals surface area contributed by atoms with Crippen molar-refractivity contribution in [2.45, 2.75) is 51.5 Å². The lowest BCUT2D eigenvalue weighted by molar-refractivity contribution is 0.0156. The van der Waals surface area contributed by atoms with Crippen molar-refractivity contribution < 1.29 is 24.2 Å². The van der Waals surface area contributed by atoms with Gasteiger partial charge in [-0.2, -0.15) is 0 Å². The molecule has 1 aromatic carbocycles. The summed E-state index contributed by atoms with van der Waals surface area (Å²) in [6.07, 6.45) is -1.48. The zero-order chi connectivity index (χ0) is 18.4. The molecule has 1 aliphatic rings. The number of amides is 2. The number of rotatable bonds is 3. The lowest BCUT2D eigenvalue weighted by Gasteiger charge is -2.35. The van der Waals surface area contributed by atoms with Crippen molar-refractivity contribution in [3.05, 3.63) is 35.9 Å². The molecule has 1 aromatic rings. The van der Waals surface area contributed by atoms with E-state index < -0.39 is 29.9 Å². The number of alkyl carbamates (subject to hydrolysis) is 1. The monoisotopic (exact) mass is 350 g/mol. The molecule has 0 aliphatic carbocycles. The van der Waals surface area contributed by atoms with Crippen LogP contribution >= 0.6 is 0 Å². The van der Waals surface area contributed by atoms with Crippen molar-refractivity contribution >= 4 is 12.2 Å². The molecule has 138 valence electrons. The molecule has 0 radical (unpaired) electrons. The largest absolute Gasteiger partial charge is 0.445 e. The van der Waals surface area contributed by atoms with Gasteiger partial charge in [0.15, 0.2) is 0 Å². The first-order chi connectivity index (χ1) is 11.7. The van der Waals surface area contributed by atoms with Gasteiger partial charge in [-0.3, -0.25) is 0 Å². The number of piperidine rings is 1. The number of carbonyl (C=O) groups excluding carboxylic acids is 2. The third kappa shape index (κ3) is 6.26. The molecule has 1 heterocycles. The first kappa shape index (κ1) is 19.1. The molecule has 2 atom stereocenters. The van der Waals surface area contributed by atoms with Gasteiger partial charge in [0.1, 0.15) is 12.2 Å². The van der Waals surface area contributed by atoms with Crippen LogP contribution in [0.2, 0.25) is 0 Å². The number of ether oxygens (including phenoxy) is 2. The second-order valence-corrected chi connectivity index (χ2v) is 7.09. The number of aliphatic hydroxyl groups is 1. The number of likely N-dealkylation sites (tertiary alicyclic amines) is 1. The number of nitrogens with zero attached hydrogens (tertiary/aromatic N) is 1. The van der Waals surface area contributed by atoms with Gasteiger partial charge in [-0.15, -0.1) is 0 Å². The molecule has 25 heavy (non-hydrogen) atoms. The van der Waals surface area contributed by atoms with Crippen molar-refractivity contribution in [3.63, 3.8) is 0 Å². The maximum absolute atomic E-state index is 12.1. The van der Waals surface area contributed by atoms with Crippen molar-refractivity contribution in [2.75, 3.05) is 13.1 Å². The van der Waals surface area contributed by atoms with E-state index in [4.69, 9.17) is 9.47 Å². The number of carbonyl (C=O) groups is 2. The zero-order valence-corrected chi connectivity index (χ0v) is 14.9. The lowest BCUT2D eigenvalue weighted by Crippen LogP contribution is -2.55. The SMILES string of the molecule is CC(C)(C)OC(=O)N[C@@H]1CCN(C(=O)OCc2ccccc2)C[C@@H]1O. The fourth-order valence-electron chi connectivity index (χ4n) is 2.54. The van der Waals surface area contributed by atoms with Crippen LogP contribution in [0.4, 0.5) is 9.59 Å². The summed E-state index contributed by atoms with van der Waals surface area (Å²) in [6, 6.07) is 8.94. The van der Waals surface area contributed by atoms with Gasteiger partial charge in [0.05, 0.1) is 18.7 Å². The van der Waals surface area contributed by atoms with Gasteiger partial charge in [-0.1, -0.05) is 30.3 Å². The second kappa shape index (κ2) is 8.20. The highest BCUT2D eigenvalue weighted by molar-refractivity contribution is 5.69. The minimum atomic E-state index is -0.870. The lowest BCUT2D eigenvalue weighted by atomic mass is 10.0. The van der Waals surface area contributed by atoms with Gasteiger partial charge >= 0.3 is 12.2 Å². The number of benzene rings is 1. The molecule has 0 unspecified atom stereocenters. The molecule has 7 heteroatoms. The molecule has 2 N–H and O–H groups in total. The summed E-state index contributed by atoms with van der Waals surface area (Å²) in [5, 5.41) is 12.9. The topological polar surface area (TPSA) is 88.1 Å². The summed E-state index contributed by atoms with van der Waals surface area (Å²) < 4.78 is 10.4. The van der Waals surface area contributed by atoms with Gasteiger partial charge in [0.25, 0.3) is 0 Å². The molecular formula is C18H26N2O5. The fraction of sp³-hybridized carbons (Fsp3) is 0.556. The van der Waals surface area contributed by atoms with Crippen LogP contribution in [0.5, 0.6) is 0 Å². The van der Waals surface area contributed by atoms with E-state index in [9.17, 15) is 14.7 Å². The van der Waals surface area contributed by atoms with Crippen LogP contribution in [0.3, 0.4) is 0 Å². The molecule has 0 aromatic heterocycles. The van der Waals surface area contributed by atoms with Gasteiger partial charge in [0, 0.05) is 6.54 Å². The van der Waals surface area contributed by atoms with E-state index in [0.29, 0.717) is 13.0 Å². The smallest absolute Gasteiger partial charge is 0.410 e. The summed E-state index contributed by atoms with van der Waals surface area (Å²) in [5.41, 5.74) is 0.301. The molecule has 0 spiro atoms. The van der Waals surface area contributed by atoms with Crippen molar-refractivity contribution in [1.29, 1.82) is 0 Å². The predicted molar refractivity (Wildman–Crippen MR) is 92.0 cm³/mol. The average molecular weight is 350 g/mol. The molecule has 7 nitrogen and oxygen atoms in total. The summed E-state index contributed by atoms with van der Waals surface area (Å²) in [7, 11) is 0. The molecule has 2 rings (SSSR count). The molecule has 0 bridgehead atoms. The number of β-amino-alcohol motifs (C(OH)–C–C–N with tert-alkyl or cyclic N) is 1. The van der Waals surface area contributed by atoms with Crippen LogP contribution in [0, 0.1) is 0 Å². The third-order valence-corrected chi connectivity index (χ3v) is 3.75. The Morgan fingerprint density at radius 1 is 1.28 bits per heavy atom. The Labute approximate surface area is 147 Å². The van der Waals surface area contributed by atoms with Crippen LogP contribution in [0.15, 0.2) is 30.3 Å². The molecule has 1 fully saturated rings. The van der Waals surface area contributed by atoms with E-state index >= 15 is 0 Å². The number of hydrogen-bond acceptors (Lipinski definition) is 5. The molecule has 0 saturated carbocycles. The third-order valence-electron chi connectivity index (χ3n) is 3.75. The van der Waals surface area contributed by atoms with E-state index in [1.165, 1.54) is 4.90 Å². The Balaban J connectivity index is 1.78. The van der Waals surface area contributed by atoms with Crippen molar-refractivity contribution in [3.8, 4) is 0 Å². The standard InChI is InChI=1S/C18H26N2O5/c1-18(2,3)25-16(22)19-14-9-10-20(11-15(14)21)17(23)24-12-13-7-5-4-6-8-13/h4-8,14-15,21H,9-12H2,1-3H3,(H,19,22)/t14-,15+/m1/s1. The predicted octanol–water partition coefficient (Wildman–Crippen LogP) is 2.28. The maximum atomic E-state index is 12.1. The second-order valence-electron chi connectivity index (χ2n) is 7.09. The van der Waals surface area contributed by atoms with Crippen LogP contribution in [-0.2, 0) is 16.1 Å². The summed E-state index contributed by atoms with van der Waals surface area (Å²) in [5.74, 6) is 0. The Morgan fingerprint density at radius 2 is 1.96 bits per heavy atom. The number of aliphatic hydroxyl groups excluding tert-OH is 1. The summed E-state index contributed by atoms with van der Waals surface area (Å²) in [6.45, 7) is 6.00. The van der Waals surface area contributed by atoms with Gasteiger partial charge in [0.2, 0.25) is 0 Å². The van der Waals surface area contributed by atoms with E-state index in [0.717, 1.165) is 5.56 Å². The van der Waals surface area contributed by atoms with E-state index in [1.54, 1.807) is 20.8 Å².